The zero-order valence-corrected chi connectivity index (χ0v) is 12.8. The van der Waals surface area contributed by atoms with Crippen molar-refractivity contribution in [2.24, 2.45) is 5.92 Å². The fraction of sp³-hybridized carbons (Fsp3) is 0.692. The molecule has 0 amide bonds. The minimum Gasteiger partial charge on any atom is -0.312 e. The second-order valence-corrected chi connectivity index (χ2v) is 7.66. The number of piperidine rings is 1. The van der Waals surface area contributed by atoms with E-state index < -0.39 is 0 Å². The standard InChI is InChI=1S/C13H18Cl2N2S/c1-8(10-5-12(14)18-13(10)15)17-6-9-3-2-4-16-11(9)7-17/h5,8-9,11,16H,2-4,6-7H2,1H3. The average molecular weight is 305 g/mol. The molecule has 2 nitrogen and oxygen atoms in total. The molecular weight excluding hydrogens is 287 g/mol. The second kappa shape index (κ2) is 5.29. The molecule has 100 valence electrons. The first-order valence-corrected chi connectivity index (χ1v) is 8.14. The largest absolute Gasteiger partial charge is 0.312 e. The summed E-state index contributed by atoms with van der Waals surface area (Å²) in [5.74, 6) is 0.814. The molecule has 3 atom stereocenters. The van der Waals surface area contributed by atoms with Gasteiger partial charge in [-0.1, -0.05) is 23.2 Å². The summed E-state index contributed by atoms with van der Waals surface area (Å²) >= 11 is 13.8. The average Bonchev–Trinajstić information content (AvgIpc) is 2.91. The van der Waals surface area contributed by atoms with Crippen LogP contribution in [-0.4, -0.2) is 30.6 Å². The van der Waals surface area contributed by atoms with Gasteiger partial charge < -0.3 is 5.32 Å². The lowest BCUT2D eigenvalue weighted by atomic mass is 9.94. The van der Waals surface area contributed by atoms with Gasteiger partial charge in [0, 0.05) is 30.7 Å². The summed E-state index contributed by atoms with van der Waals surface area (Å²) in [7, 11) is 0. The number of nitrogens with zero attached hydrogens (tertiary/aromatic N) is 1. The molecule has 2 aliphatic rings. The van der Waals surface area contributed by atoms with Gasteiger partial charge >= 0.3 is 0 Å². The highest BCUT2D eigenvalue weighted by molar-refractivity contribution is 7.20. The van der Waals surface area contributed by atoms with Crippen molar-refractivity contribution in [1.82, 2.24) is 10.2 Å². The van der Waals surface area contributed by atoms with Crippen molar-refractivity contribution in [2.45, 2.75) is 31.8 Å². The molecule has 5 heteroatoms. The molecule has 1 aromatic rings. The van der Waals surface area contributed by atoms with Crippen LogP contribution in [0.4, 0.5) is 0 Å². The van der Waals surface area contributed by atoms with Crippen molar-refractivity contribution in [3.05, 3.63) is 20.3 Å². The molecular formula is C13H18Cl2N2S. The van der Waals surface area contributed by atoms with E-state index in [0.717, 1.165) is 21.1 Å². The maximum atomic E-state index is 6.26. The summed E-state index contributed by atoms with van der Waals surface area (Å²) in [5.41, 5.74) is 1.19. The van der Waals surface area contributed by atoms with E-state index in [9.17, 15) is 0 Å². The van der Waals surface area contributed by atoms with E-state index in [-0.39, 0.29) is 0 Å². The molecule has 18 heavy (non-hydrogen) atoms. The molecule has 0 radical (unpaired) electrons. The van der Waals surface area contributed by atoms with E-state index in [1.807, 2.05) is 6.07 Å². The van der Waals surface area contributed by atoms with Crippen LogP contribution in [0.1, 0.15) is 31.4 Å². The van der Waals surface area contributed by atoms with Gasteiger partial charge in [0.15, 0.2) is 0 Å². The Morgan fingerprint density at radius 2 is 2.28 bits per heavy atom. The molecule has 3 rings (SSSR count). The van der Waals surface area contributed by atoms with Crippen LogP contribution in [0.5, 0.6) is 0 Å². The van der Waals surface area contributed by atoms with Gasteiger partial charge in [0.25, 0.3) is 0 Å². The lowest BCUT2D eigenvalue weighted by Gasteiger charge is -2.25. The number of likely N-dealkylation sites (tertiary alicyclic amines) is 1. The van der Waals surface area contributed by atoms with Crippen LogP contribution in [-0.2, 0) is 0 Å². The Morgan fingerprint density at radius 1 is 1.44 bits per heavy atom. The molecule has 0 aliphatic carbocycles. The van der Waals surface area contributed by atoms with Gasteiger partial charge in [-0.2, -0.15) is 0 Å². The van der Waals surface area contributed by atoms with Crippen molar-refractivity contribution in [3.63, 3.8) is 0 Å². The molecule has 2 aliphatic heterocycles. The van der Waals surface area contributed by atoms with E-state index in [4.69, 9.17) is 23.2 Å². The monoisotopic (exact) mass is 304 g/mol. The molecule has 0 saturated carbocycles. The van der Waals surface area contributed by atoms with Crippen LogP contribution < -0.4 is 5.32 Å². The van der Waals surface area contributed by atoms with E-state index >= 15 is 0 Å². The summed E-state index contributed by atoms with van der Waals surface area (Å²) < 4.78 is 1.63. The normalized spacial score (nSPS) is 30.4. The van der Waals surface area contributed by atoms with Gasteiger partial charge in [-0.15, -0.1) is 11.3 Å². The lowest BCUT2D eigenvalue weighted by Crippen LogP contribution is -2.40. The minimum atomic E-state index is 0.369. The number of rotatable bonds is 2. The van der Waals surface area contributed by atoms with Crippen LogP contribution in [0.15, 0.2) is 6.07 Å². The van der Waals surface area contributed by atoms with Gasteiger partial charge in [-0.05, 0) is 38.3 Å². The van der Waals surface area contributed by atoms with Crippen LogP contribution in [0.3, 0.4) is 0 Å². The van der Waals surface area contributed by atoms with Crippen LogP contribution >= 0.6 is 34.5 Å². The van der Waals surface area contributed by atoms with Crippen LogP contribution in [0.2, 0.25) is 8.67 Å². The first-order valence-electron chi connectivity index (χ1n) is 6.57. The maximum Gasteiger partial charge on any atom is 0.0991 e. The van der Waals surface area contributed by atoms with Crippen molar-refractivity contribution < 1.29 is 0 Å². The van der Waals surface area contributed by atoms with Gasteiger partial charge in [0.2, 0.25) is 0 Å². The highest BCUT2D eigenvalue weighted by Crippen LogP contribution is 2.39. The van der Waals surface area contributed by atoms with Gasteiger partial charge in [-0.3, -0.25) is 4.90 Å². The number of fused-ring (bicyclic) bond motifs is 1. The predicted octanol–water partition coefficient (Wildman–Crippen LogP) is 3.80. The molecule has 0 spiro atoms. The van der Waals surface area contributed by atoms with E-state index in [1.54, 1.807) is 0 Å². The van der Waals surface area contributed by atoms with Crippen molar-refractivity contribution >= 4 is 34.5 Å². The smallest absolute Gasteiger partial charge is 0.0991 e. The number of hydrogen-bond acceptors (Lipinski definition) is 3. The quantitative estimate of drug-likeness (QED) is 0.894. The Labute approximate surface area is 122 Å². The zero-order chi connectivity index (χ0) is 12.7. The van der Waals surface area contributed by atoms with E-state index in [2.05, 4.69) is 17.1 Å². The molecule has 1 N–H and O–H groups in total. The third-order valence-corrected chi connectivity index (χ3v) is 5.83. The van der Waals surface area contributed by atoms with E-state index in [1.165, 1.54) is 42.8 Å². The minimum absolute atomic E-state index is 0.369. The van der Waals surface area contributed by atoms with Gasteiger partial charge in [0.1, 0.15) is 0 Å². The summed E-state index contributed by atoms with van der Waals surface area (Å²) in [4.78, 5) is 2.54. The zero-order valence-electron chi connectivity index (χ0n) is 10.5. The molecule has 0 bridgehead atoms. The highest BCUT2D eigenvalue weighted by Gasteiger charge is 2.36. The summed E-state index contributed by atoms with van der Waals surface area (Å²) in [6.07, 6.45) is 2.67. The SMILES string of the molecule is CC(c1cc(Cl)sc1Cl)N1CC2CCCNC2C1. The molecule has 0 aromatic carbocycles. The fourth-order valence-corrected chi connectivity index (χ4v) is 4.86. The van der Waals surface area contributed by atoms with Crippen molar-refractivity contribution in [3.8, 4) is 0 Å². The Hall–Kier alpha value is 0.200. The number of halogens is 2. The van der Waals surface area contributed by atoms with Gasteiger partial charge in [0.05, 0.1) is 8.67 Å². The highest BCUT2D eigenvalue weighted by atomic mass is 35.5. The summed E-state index contributed by atoms with van der Waals surface area (Å²) in [6.45, 7) is 5.73. The Kier molecular flexibility index (Phi) is 3.88. The summed E-state index contributed by atoms with van der Waals surface area (Å²) in [5, 5.41) is 3.64. The first-order chi connectivity index (χ1) is 8.65. The molecule has 1 aromatic heterocycles. The first kappa shape index (κ1) is 13.2. The maximum absolute atomic E-state index is 6.26. The van der Waals surface area contributed by atoms with Crippen LogP contribution in [0.25, 0.3) is 0 Å². The van der Waals surface area contributed by atoms with Gasteiger partial charge in [-0.25, -0.2) is 0 Å². The van der Waals surface area contributed by atoms with Crippen molar-refractivity contribution in [1.29, 1.82) is 0 Å². The van der Waals surface area contributed by atoms with Crippen molar-refractivity contribution in [2.75, 3.05) is 19.6 Å². The Bertz CT molecular complexity index is 421. The number of thiophene rings is 1. The number of hydrogen-bond donors (Lipinski definition) is 1. The van der Waals surface area contributed by atoms with Crippen LogP contribution in [0, 0.1) is 5.92 Å². The summed E-state index contributed by atoms with van der Waals surface area (Å²) in [6, 6.07) is 3.07. The molecule has 3 unspecified atom stereocenters. The lowest BCUT2D eigenvalue weighted by molar-refractivity contribution is 0.251. The third-order valence-electron chi connectivity index (χ3n) is 4.31. The molecule has 2 fully saturated rings. The number of nitrogens with one attached hydrogen (secondary N) is 1. The Morgan fingerprint density at radius 3 is 2.94 bits per heavy atom. The fourth-order valence-electron chi connectivity index (χ4n) is 3.23. The third kappa shape index (κ3) is 2.44. The molecule has 3 heterocycles. The Balaban J connectivity index is 1.73. The van der Waals surface area contributed by atoms with E-state index in [0.29, 0.717) is 12.1 Å². The predicted molar refractivity (Wildman–Crippen MR) is 78.8 cm³/mol. The molecule has 2 saturated heterocycles. The topological polar surface area (TPSA) is 15.3 Å². The second-order valence-electron chi connectivity index (χ2n) is 5.37.